The lowest BCUT2D eigenvalue weighted by atomic mass is 10.2. The van der Waals surface area contributed by atoms with Gasteiger partial charge in [0.1, 0.15) is 6.61 Å². The van der Waals surface area contributed by atoms with Crippen molar-refractivity contribution in [2.75, 3.05) is 25.4 Å². The molecule has 2 heterocycles. The molecule has 0 radical (unpaired) electrons. The molecule has 27 heavy (non-hydrogen) atoms. The van der Waals surface area contributed by atoms with E-state index in [9.17, 15) is 4.79 Å². The van der Waals surface area contributed by atoms with Crippen molar-refractivity contribution in [3.63, 3.8) is 0 Å². The highest BCUT2D eigenvalue weighted by Crippen LogP contribution is 2.38. The molecule has 0 bridgehead atoms. The number of carbonyl (C=O) groups is 1. The quantitative estimate of drug-likeness (QED) is 0.494. The van der Waals surface area contributed by atoms with Gasteiger partial charge in [-0.2, -0.15) is 0 Å². The predicted octanol–water partition coefficient (Wildman–Crippen LogP) is 4.65. The number of carbonyl (C=O) groups excluding carboxylic acids is 1. The van der Waals surface area contributed by atoms with E-state index in [4.69, 9.17) is 16.3 Å². The summed E-state index contributed by atoms with van der Waals surface area (Å²) in [7, 11) is 0. The second kappa shape index (κ2) is 8.52. The standard InChI is InChI=1S/C19H23ClN4O2S/c20-16-9-4-3-8-15(16)17-21-22-18(24(17)14-6-1-2-7-14)27-13-5-10-23-11-12-26-19(23)25/h3-4,8-9,14H,1-2,5-7,10-13H2. The SMILES string of the molecule is O=C1OCCN1CCCSc1nnc(-c2ccccc2Cl)n1C1CCCC1. The van der Waals surface area contributed by atoms with Crippen molar-refractivity contribution >= 4 is 29.5 Å². The Morgan fingerprint density at radius 1 is 1.22 bits per heavy atom. The van der Waals surface area contributed by atoms with Crippen LogP contribution in [0.15, 0.2) is 29.4 Å². The summed E-state index contributed by atoms with van der Waals surface area (Å²) in [4.78, 5) is 13.3. The molecular weight excluding hydrogens is 384 g/mol. The van der Waals surface area contributed by atoms with E-state index in [1.165, 1.54) is 12.8 Å². The van der Waals surface area contributed by atoms with Gasteiger partial charge in [0.05, 0.1) is 11.6 Å². The van der Waals surface area contributed by atoms with Gasteiger partial charge < -0.3 is 9.64 Å². The van der Waals surface area contributed by atoms with E-state index in [0.29, 0.717) is 24.2 Å². The predicted molar refractivity (Wildman–Crippen MR) is 106 cm³/mol. The first-order valence-electron chi connectivity index (χ1n) is 9.48. The van der Waals surface area contributed by atoms with E-state index in [2.05, 4.69) is 14.8 Å². The van der Waals surface area contributed by atoms with Crippen LogP contribution in [0.4, 0.5) is 4.79 Å². The number of rotatable bonds is 7. The fourth-order valence-electron chi connectivity index (χ4n) is 3.74. The number of nitrogens with zero attached hydrogens (tertiary/aromatic N) is 4. The Morgan fingerprint density at radius 3 is 2.78 bits per heavy atom. The van der Waals surface area contributed by atoms with E-state index in [1.54, 1.807) is 16.7 Å². The highest BCUT2D eigenvalue weighted by Gasteiger charge is 2.26. The van der Waals surface area contributed by atoms with Crippen LogP contribution >= 0.6 is 23.4 Å². The molecule has 2 aliphatic rings. The lowest BCUT2D eigenvalue weighted by Gasteiger charge is -2.17. The Bertz CT molecular complexity index is 807. The van der Waals surface area contributed by atoms with Gasteiger partial charge in [-0.15, -0.1) is 10.2 Å². The van der Waals surface area contributed by atoms with Crippen LogP contribution in [0.25, 0.3) is 11.4 Å². The molecule has 1 saturated carbocycles. The average Bonchev–Trinajstić information content (AvgIpc) is 3.40. The minimum atomic E-state index is -0.199. The molecule has 0 unspecified atom stereocenters. The molecule has 8 heteroatoms. The van der Waals surface area contributed by atoms with Gasteiger partial charge in [-0.1, -0.05) is 48.3 Å². The summed E-state index contributed by atoms with van der Waals surface area (Å²) in [6, 6.07) is 8.25. The summed E-state index contributed by atoms with van der Waals surface area (Å²) in [6.07, 6.45) is 5.50. The van der Waals surface area contributed by atoms with Crippen molar-refractivity contribution in [1.29, 1.82) is 0 Å². The van der Waals surface area contributed by atoms with Gasteiger partial charge in [0.25, 0.3) is 0 Å². The first kappa shape index (κ1) is 18.6. The molecule has 2 aromatic rings. The third-order valence-electron chi connectivity index (χ3n) is 5.12. The second-order valence-electron chi connectivity index (χ2n) is 6.90. The number of cyclic esters (lactones) is 1. The van der Waals surface area contributed by atoms with Crippen molar-refractivity contribution < 1.29 is 9.53 Å². The topological polar surface area (TPSA) is 60.2 Å². The lowest BCUT2D eigenvalue weighted by molar-refractivity contribution is 0.158. The Kier molecular flexibility index (Phi) is 5.88. The number of aromatic nitrogens is 3. The number of ether oxygens (including phenoxy) is 1. The highest BCUT2D eigenvalue weighted by molar-refractivity contribution is 7.99. The minimum absolute atomic E-state index is 0.199. The largest absolute Gasteiger partial charge is 0.448 e. The van der Waals surface area contributed by atoms with Crippen LogP contribution in [0.3, 0.4) is 0 Å². The molecule has 2 fully saturated rings. The monoisotopic (exact) mass is 406 g/mol. The molecule has 1 aliphatic carbocycles. The van der Waals surface area contributed by atoms with Crippen LogP contribution in [0.2, 0.25) is 5.02 Å². The second-order valence-corrected chi connectivity index (χ2v) is 8.37. The van der Waals surface area contributed by atoms with Crippen LogP contribution < -0.4 is 0 Å². The van der Waals surface area contributed by atoms with Crippen molar-refractivity contribution in [2.45, 2.75) is 43.3 Å². The first-order chi connectivity index (χ1) is 13.2. The van der Waals surface area contributed by atoms with E-state index in [1.807, 2.05) is 24.3 Å². The fourth-order valence-corrected chi connectivity index (χ4v) is 4.89. The van der Waals surface area contributed by atoms with Gasteiger partial charge in [0.15, 0.2) is 11.0 Å². The summed E-state index contributed by atoms with van der Waals surface area (Å²) in [5.41, 5.74) is 0.935. The van der Waals surface area contributed by atoms with Crippen molar-refractivity contribution in [3.8, 4) is 11.4 Å². The van der Waals surface area contributed by atoms with E-state index >= 15 is 0 Å². The summed E-state index contributed by atoms with van der Waals surface area (Å²) in [5.74, 6) is 1.75. The summed E-state index contributed by atoms with van der Waals surface area (Å²) < 4.78 is 7.25. The normalized spacial score (nSPS) is 17.7. The van der Waals surface area contributed by atoms with Crippen LogP contribution in [-0.2, 0) is 4.74 Å². The van der Waals surface area contributed by atoms with Gasteiger partial charge in [-0.05, 0) is 31.4 Å². The molecule has 4 rings (SSSR count). The summed E-state index contributed by atoms with van der Waals surface area (Å²) >= 11 is 8.13. The zero-order valence-electron chi connectivity index (χ0n) is 15.1. The van der Waals surface area contributed by atoms with Crippen molar-refractivity contribution in [1.82, 2.24) is 19.7 Å². The number of benzene rings is 1. The zero-order valence-corrected chi connectivity index (χ0v) is 16.7. The molecule has 0 N–H and O–H groups in total. The molecule has 6 nitrogen and oxygen atoms in total. The molecular formula is C19H23ClN4O2S. The number of thioether (sulfide) groups is 1. The van der Waals surface area contributed by atoms with Crippen LogP contribution in [0, 0.1) is 0 Å². The Labute approximate surface area is 168 Å². The van der Waals surface area contributed by atoms with Gasteiger partial charge in [-0.3, -0.25) is 4.57 Å². The zero-order chi connectivity index (χ0) is 18.6. The summed E-state index contributed by atoms with van der Waals surface area (Å²) in [5, 5.41) is 10.6. The highest BCUT2D eigenvalue weighted by atomic mass is 35.5. The molecule has 144 valence electrons. The van der Waals surface area contributed by atoms with Crippen molar-refractivity contribution in [2.24, 2.45) is 0 Å². The molecule has 1 aromatic carbocycles. The van der Waals surface area contributed by atoms with Gasteiger partial charge in [0, 0.05) is 23.9 Å². The van der Waals surface area contributed by atoms with E-state index in [-0.39, 0.29) is 6.09 Å². The lowest BCUT2D eigenvalue weighted by Crippen LogP contribution is -2.25. The van der Waals surface area contributed by atoms with Gasteiger partial charge in [-0.25, -0.2) is 4.79 Å². The summed E-state index contributed by atoms with van der Waals surface area (Å²) in [6.45, 7) is 1.92. The van der Waals surface area contributed by atoms with Gasteiger partial charge >= 0.3 is 6.09 Å². The first-order valence-corrected chi connectivity index (χ1v) is 10.8. The maximum Gasteiger partial charge on any atom is 0.409 e. The number of amides is 1. The Morgan fingerprint density at radius 2 is 2.04 bits per heavy atom. The van der Waals surface area contributed by atoms with Crippen LogP contribution in [-0.4, -0.2) is 51.2 Å². The van der Waals surface area contributed by atoms with Crippen LogP contribution in [0.1, 0.15) is 38.1 Å². The maximum absolute atomic E-state index is 11.5. The van der Waals surface area contributed by atoms with E-state index < -0.39 is 0 Å². The molecule has 1 amide bonds. The number of halogens is 1. The minimum Gasteiger partial charge on any atom is -0.448 e. The third kappa shape index (κ3) is 4.09. The molecule has 0 atom stereocenters. The number of hydrogen-bond donors (Lipinski definition) is 0. The van der Waals surface area contributed by atoms with Gasteiger partial charge in [0.2, 0.25) is 0 Å². The molecule has 1 aromatic heterocycles. The number of hydrogen-bond acceptors (Lipinski definition) is 5. The van der Waals surface area contributed by atoms with Crippen LogP contribution in [0.5, 0.6) is 0 Å². The Hall–Kier alpha value is -1.73. The fraction of sp³-hybridized carbons (Fsp3) is 0.526. The van der Waals surface area contributed by atoms with E-state index in [0.717, 1.165) is 48.1 Å². The average molecular weight is 407 g/mol. The molecule has 0 spiro atoms. The Balaban J connectivity index is 1.48. The smallest absolute Gasteiger partial charge is 0.409 e. The molecule has 1 aliphatic heterocycles. The molecule has 1 saturated heterocycles. The van der Waals surface area contributed by atoms with Crippen molar-refractivity contribution in [3.05, 3.63) is 29.3 Å². The maximum atomic E-state index is 11.5. The third-order valence-corrected chi connectivity index (χ3v) is 6.48.